The molecule has 3 N–H and O–H groups in total. The lowest BCUT2D eigenvalue weighted by Crippen LogP contribution is -2.16. The highest BCUT2D eigenvalue weighted by molar-refractivity contribution is 7.98. The van der Waals surface area contributed by atoms with E-state index in [-0.39, 0.29) is 5.69 Å². The highest BCUT2D eigenvalue weighted by atomic mass is 32.2. The number of aromatic nitrogens is 3. The number of thioether (sulfide) groups is 1. The standard InChI is InChI=1S/C11H14N4OS/c1-2-15-10(16)13-14-11(15)17-7-8-5-3-4-6-9(8)12/h3-6H,2,7,12H2,1H3,(H,13,16). The topological polar surface area (TPSA) is 76.7 Å². The van der Waals surface area contributed by atoms with Gasteiger partial charge in [0.25, 0.3) is 0 Å². The monoisotopic (exact) mass is 250 g/mol. The van der Waals surface area contributed by atoms with Gasteiger partial charge in [0.15, 0.2) is 5.16 Å². The van der Waals surface area contributed by atoms with Gasteiger partial charge in [-0.2, -0.15) is 0 Å². The third-order valence-electron chi connectivity index (χ3n) is 2.45. The minimum atomic E-state index is -0.170. The zero-order valence-electron chi connectivity index (χ0n) is 9.51. The fraction of sp³-hybridized carbons (Fsp3) is 0.273. The molecule has 0 atom stereocenters. The summed E-state index contributed by atoms with van der Waals surface area (Å²) in [5, 5.41) is 7.12. The molecule has 0 amide bonds. The van der Waals surface area contributed by atoms with Gasteiger partial charge in [0.05, 0.1) is 0 Å². The zero-order chi connectivity index (χ0) is 12.3. The van der Waals surface area contributed by atoms with Crippen LogP contribution < -0.4 is 11.4 Å². The van der Waals surface area contributed by atoms with Crippen LogP contribution in [0.15, 0.2) is 34.2 Å². The Morgan fingerprint density at radius 2 is 2.24 bits per heavy atom. The number of anilines is 1. The van der Waals surface area contributed by atoms with E-state index in [0.29, 0.717) is 17.5 Å². The Hall–Kier alpha value is -1.69. The minimum Gasteiger partial charge on any atom is -0.398 e. The van der Waals surface area contributed by atoms with Crippen LogP contribution >= 0.6 is 11.8 Å². The van der Waals surface area contributed by atoms with Crippen LogP contribution in [0.4, 0.5) is 5.69 Å². The second-order valence-electron chi connectivity index (χ2n) is 3.54. The van der Waals surface area contributed by atoms with Crippen LogP contribution in [0.1, 0.15) is 12.5 Å². The van der Waals surface area contributed by atoms with Crippen molar-refractivity contribution in [3.8, 4) is 0 Å². The fourth-order valence-electron chi connectivity index (χ4n) is 1.50. The third kappa shape index (κ3) is 2.52. The van der Waals surface area contributed by atoms with Crippen molar-refractivity contribution in [3.05, 3.63) is 40.3 Å². The summed E-state index contributed by atoms with van der Waals surface area (Å²) in [7, 11) is 0. The molecule has 0 fully saturated rings. The van der Waals surface area contributed by atoms with Crippen LogP contribution in [0, 0.1) is 0 Å². The predicted octanol–water partition coefficient (Wildman–Crippen LogP) is 1.47. The lowest BCUT2D eigenvalue weighted by molar-refractivity contribution is 0.660. The van der Waals surface area contributed by atoms with Gasteiger partial charge in [0.2, 0.25) is 0 Å². The first kappa shape index (κ1) is 11.8. The highest BCUT2D eigenvalue weighted by Gasteiger charge is 2.07. The fourth-order valence-corrected chi connectivity index (χ4v) is 2.53. The van der Waals surface area contributed by atoms with E-state index in [0.717, 1.165) is 11.3 Å². The molecule has 0 radical (unpaired) electrons. The second kappa shape index (κ2) is 5.09. The molecule has 17 heavy (non-hydrogen) atoms. The van der Waals surface area contributed by atoms with Crippen LogP contribution in [-0.4, -0.2) is 14.8 Å². The normalized spacial score (nSPS) is 10.6. The van der Waals surface area contributed by atoms with Gasteiger partial charge in [-0.3, -0.25) is 4.57 Å². The van der Waals surface area contributed by atoms with Crippen molar-refractivity contribution in [2.75, 3.05) is 5.73 Å². The third-order valence-corrected chi connectivity index (χ3v) is 3.48. The largest absolute Gasteiger partial charge is 0.398 e. The number of nitrogens with one attached hydrogen (secondary N) is 1. The van der Waals surface area contributed by atoms with Crippen molar-refractivity contribution in [2.24, 2.45) is 0 Å². The molecule has 90 valence electrons. The van der Waals surface area contributed by atoms with Crippen LogP contribution in [0.25, 0.3) is 0 Å². The number of para-hydroxylation sites is 1. The average molecular weight is 250 g/mol. The van der Waals surface area contributed by atoms with E-state index in [1.807, 2.05) is 31.2 Å². The van der Waals surface area contributed by atoms with E-state index in [9.17, 15) is 4.79 Å². The zero-order valence-corrected chi connectivity index (χ0v) is 10.3. The first-order chi connectivity index (χ1) is 8.22. The van der Waals surface area contributed by atoms with Crippen molar-refractivity contribution in [1.29, 1.82) is 0 Å². The number of hydrogen-bond donors (Lipinski definition) is 2. The van der Waals surface area contributed by atoms with Crippen LogP contribution in [0.5, 0.6) is 0 Å². The van der Waals surface area contributed by atoms with Crippen LogP contribution in [-0.2, 0) is 12.3 Å². The summed E-state index contributed by atoms with van der Waals surface area (Å²) < 4.78 is 1.60. The maximum atomic E-state index is 11.4. The molecule has 1 heterocycles. The summed E-state index contributed by atoms with van der Waals surface area (Å²) in [4.78, 5) is 11.4. The van der Waals surface area contributed by atoms with Gasteiger partial charge in [-0.25, -0.2) is 9.89 Å². The van der Waals surface area contributed by atoms with E-state index in [4.69, 9.17) is 5.73 Å². The Morgan fingerprint density at radius 3 is 2.94 bits per heavy atom. The number of nitrogens with two attached hydrogens (primary N) is 1. The number of hydrogen-bond acceptors (Lipinski definition) is 4. The molecule has 0 spiro atoms. The SMILES string of the molecule is CCn1c(SCc2ccccc2N)n[nH]c1=O. The summed E-state index contributed by atoms with van der Waals surface area (Å²) in [6, 6.07) is 7.69. The first-order valence-electron chi connectivity index (χ1n) is 5.33. The summed E-state index contributed by atoms with van der Waals surface area (Å²) in [6.45, 7) is 2.53. The summed E-state index contributed by atoms with van der Waals surface area (Å²) >= 11 is 1.50. The van der Waals surface area contributed by atoms with Crippen molar-refractivity contribution in [1.82, 2.24) is 14.8 Å². The predicted molar refractivity (Wildman–Crippen MR) is 68.9 cm³/mol. The van der Waals surface area contributed by atoms with Gasteiger partial charge in [0, 0.05) is 18.0 Å². The Kier molecular flexibility index (Phi) is 3.53. The maximum absolute atomic E-state index is 11.4. The molecule has 2 aromatic rings. The van der Waals surface area contributed by atoms with E-state index < -0.39 is 0 Å². The van der Waals surface area contributed by atoms with E-state index >= 15 is 0 Å². The second-order valence-corrected chi connectivity index (χ2v) is 4.49. The lowest BCUT2D eigenvalue weighted by atomic mass is 10.2. The molecule has 5 nitrogen and oxygen atoms in total. The summed E-state index contributed by atoms with van der Waals surface area (Å²) in [5.74, 6) is 0.705. The minimum absolute atomic E-state index is 0.170. The smallest absolute Gasteiger partial charge is 0.343 e. The van der Waals surface area contributed by atoms with Gasteiger partial charge in [0.1, 0.15) is 0 Å². The van der Waals surface area contributed by atoms with Crippen molar-refractivity contribution in [3.63, 3.8) is 0 Å². The molecule has 0 saturated heterocycles. The van der Waals surface area contributed by atoms with E-state index in [1.54, 1.807) is 4.57 Å². The lowest BCUT2D eigenvalue weighted by Gasteiger charge is -2.04. The van der Waals surface area contributed by atoms with Gasteiger partial charge in [-0.1, -0.05) is 30.0 Å². The van der Waals surface area contributed by atoms with Gasteiger partial charge < -0.3 is 5.73 Å². The summed E-state index contributed by atoms with van der Waals surface area (Å²) in [6.07, 6.45) is 0. The number of aromatic amines is 1. The molecular weight excluding hydrogens is 236 g/mol. The molecule has 6 heteroatoms. The number of nitrogen functional groups attached to an aromatic ring is 1. The number of benzene rings is 1. The van der Waals surface area contributed by atoms with Crippen LogP contribution in [0.3, 0.4) is 0 Å². The first-order valence-corrected chi connectivity index (χ1v) is 6.32. The summed E-state index contributed by atoms with van der Waals surface area (Å²) in [5.41, 5.74) is 7.50. The molecular formula is C11H14N4OS. The van der Waals surface area contributed by atoms with Crippen LogP contribution in [0.2, 0.25) is 0 Å². The Balaban J connectivity index is 2.13. The maximum Gasteiger partial charge on any atom is 0.343 e. The molecule has 1 aromatic carbocycles. The van der Waals surface area contributed by atoms with Gasteiger partial charge >= 0.3 is 5.69 Å². The van der Waals surface area contributed by atoms with Gasteiger partial charge in [-0.05, 0) is 18.6 Å². The number of nitrogens with zero attached hydrogens (tertiary/aromatic N) is 2. The Morgan fingerprint density at radius 1 is 1.47 bits per heavy atom. The molecule has 0 aliphatic heterocycles. The van der Waals surface area contributed by atoms with Gasteiger partial charge in [-0.15, -0.1) is 5.10 Å². The molecule has 0 aliphatic carbocycles. The molecule has 0 aliphatic rings. The van der Waals surface area contributed by atoms with Crippen molar-refractivity contribution < 1.29 is 0 Å². The molecule has 0 unspecified atom stereocenters. The average Bonchev–Trinajstić information content (AvgIpc) is 2.69. The molecule has 0 bridgehead atoms. The number of rotatable bonds is 4. The van der Waals surface area contributed by atoms with E-state index in [2.05, 4.69) is 10.2 Å². The highest BCUT2D eigenvalue weighted by Crippen LogP contribution is 2.22. The van der Waals surface area contributed by atoms with Crippen molar-refractivity contribution in [2.45, 2.75) is 24.4 Å². The number of H-pyrrole nitrogens is 1. The van der Waals surface area contributed by atoms with Crippen molar-refractivity contribution >= 4 is 17.4 Å². The molecule has 1 aromatic heterocycles. The van der Waals surface area contributed by atoms with E-state index in [1.165, 1.54) is 11.8 Å². The Labute approximate surface area is 103 Å². The molecule has 0 saturated carbocycles. The molecule has 2 rings (SSSR count). The Bertz CT molecular complexity index is 561. The quantitative estimate of drug-likeness (QED) is 0.636.